The van der Waals surface area contributed by atoms with Gasteiger partial charge in [-0.2, -0.15) is 0 Å². The van der Waals surface area contributed by atoms with E-state index in [1.165, 1.54) is 15.3 Å². The van der Waals surface area contributed by atoms with Gasteiger partial charge in [0.15, 0.2) is 0 Å². The Morgan fingerprint density at radius 3 is 2.94 bits per heavy atom. The Kier molecular flexibility index (Phi) is 3.41. The van der Waals surface area contributed by atoms with E-state index >= 15 is 0 Å². The molecule has 4 heteroatoms. The molecule has 86 valence electrons. The van der Waals surface area contributed by atoms with Crippen molar-refractivity contribution in [3.05, 3.63) is 39.6 Å². The van der Waals surface area contributed by atoms with E-state index in [1.54, 1.807) is 11.3 Å². The van der Waals surface area contributed by atoms with Crippen molar-refractivity contribution in [2.45, 2.75) is 33.4 Å². The van der Waals surface area contributed by atoms with E-state index in [-0.39, 0.29) is 0 Å². The van der Waals surface area contributed by atoms with Crippen molar-refractivity contribution in [1.29, 1.82) is 0 Å². The lowest BCUT2D eigenvalue weighted by Crippen LogP contribution is -2.03. The van der Waals surface area contributed by atoms with Crippen molar-refractivity contribution >= 4 is 11.3 Å². The summed E-state index contributed by atoms with van der Waals surface area (Å²) in [5, 5.41) is 0. The van der Waals surface area contributed by atoms with Gasteiger partial charge in [0.25, 0.3) is 0 Å². The van der Waals surface area contributed by atoms with Gasteiger partial charge >= 0.3 is 0 Å². The lowest BCUT2D eigenvalue weighted by molar-refractivity contribution is 0.731. The van der Waals surface area contributed by atoms with Crippen molar-refractivity contribution in [3.8, 4) is 0 Å². The Morgan fingerprint density at radius 2 is 2.31 bits per heavy atom. The fourth-order valence-electron chi connectivity index (χ4n) is 1.83. The molecule has 0 aliphatic rings. The smallest absolute Gasteiger partial charge is 0.108 e. The van der Waals surface area contributed by atoms with Crippen molar-refractivity contribution in [1.82, 2.24) is 9.55 Å². The summed E-state index contributed by atoms with van der Waals surface area (Å²) in [7, 11) is 0. The van der Waals surface area contributed by atoms with Crippen LogP contribution in [-0.4, -0.2) is 9.55 Å². The predicted octanol–water partition coefficient (Wildman–Crippen LogP) is 2.32. The summed E-state index contributed by atoms with van der Waals surface area (Å²) in [4.78, 5) is 6.94. The fourth-order valence-corrected chi connectivity index (χ4v) is 2.76. The van der Waals surface area contributed by atoms with E-state index in [0.29, 0.717) is 6.54 Å². The summed E-state index contributed by atoms with van der Waals surface area (Å²) in [6.07, 6.45) is 4.88. The first-order valence-electron chi connectivity index (χ1n) is 5.52. The Balaban J connectivity index is 2.23. The maximum atomic E-state index is 5.65. The molecule has 2 aromatic heterocycles. The number of hydrogen-bond acceptors (Lipinski definition) is 3. The topological polar surface area (TPSA) is 43.8 Å². The van der Waals surface area contributed by atoms with E-state index < -0.39 is 0 Å². The average Bonchev–Trinajstić information content (AvgIpc) is 2.86. The number of rotatable bonds is 4. The third-order valence-electron chi connectivity index (χ3n) is 2.73. The molecule has 0 saturated heterocycles. The van der Waals surface area contributed by atoms with Gasteiger partial charge in [-0.15, -0.1) is 11.3 Å². The first-order valence-corrected chi connectivity index (χ1v) is 6.34. The maximum absolute atomic E-state index is 5.65. The highest BCUT2D eigenvalue weighted by atomic mass is 32.1. The Morgan fingerprint density at radius 1 is 1.50 bits per heavy atom. The molecular formula is C12H17N3S. The second-order valence-electron chi connectivity index (χ2n) is 3.82. The fraction of sp³-hybridized carbons (Fsp3) is 0.417. The van der Waals surface area contributed by atoms with E-state index in [4.69, 9.17) is 5.73 Å². The van der Waals surface area contributed by atoms with Gasteiger partial charge in [0.1, 0.15) is 5.82 Å². The van der Waals surface area contributed by atoms with Crippen LogP contribution in [0.2, 0.25) is 0 Å². The Hall–Kier alpha value is -1.13. The van der Waals surface area contributed by atoms with E-state index in [0.717, 1.165) is 18.8 Å². The van der Waals surface area contributed by atoms with Gasteiger partial charge in [-0.3, -0.25) is 0 Å². The van der Waals surface area contributed by atoms with Crippen LogP contribution in [0.5, 0.6) is 0 Å². The number of aryl methyl sites for hydroxylation is 2. The first kappa shape index (κ1) is 11.4. The molecule has 2 aromatic rings. The van der Waals surface area contributed by atoms with Gasteiger partial charge in [0, 0.05) is 41.7 Å². The summed E-state index contributed by atoms with van der Waals surface area (Å²) >= 11 is 1.79. The number of hydrogen-bond donors (Lipinski definition) is 1. The highest BCUT2D eigenvalue weighted by Crippen LogP contribution is 2.22. The van der Waals surface area contributed by atoms with Crippen LogP contribution in [0, 0.1) is 6.92 Å². The zero-order chi connectivity index (χ0) is 11.5. The van der Waals surface area contributed by atoms with Crippen molar-refractivity contribution in [2.24, 2.45) is 5.73 Å². The summed E-state index contributed by atoms with van der Waals surface area (Å²) in [5.74, 6) is 1.14. The van der Waals surface area contributed by atoms with Crippen LogP contribution in [0.1, 0.15) is 28.1 Å². The number of nitrogens with two attached hydrogens (primary N) is 1. The molecule has 0 aliphatic heterocycles. The van der Waals surface area contributed by atoms with Crippen molar-refractivity contribution in [3.63, 3.8) is 0 Å². The van der Waals surface area contributed by atoms with Crippen LogP contribution in [-0.2, 0) is 19.5 Å². The maximum Gasteiger partial charge on any atom is 0.108 e. The van der Waals surface area contributed by atoms with Crippen LogP contribution in [0.3, 0.4) is 0 Å². The largest absolute Gasteiger partial charge is 0.330 e. The van der Waals surface area contributed by atoms with Crippen molar-refractivity contribution in [2.75, 3.05) is 0 Å². The number of imidazole rings is 1. The third kappa shape index (κ3) is 2.18. The molecule has 2 N–H and O–H groups in total. The van der Waals surface area contributed by atoms with Crippen LogP contribution in [0.25, 0.3) is 0 Å². The standard InChI is InChI=1S/C12H17N3S/c1-3-12-14-4-5-15(12)8-10-6-11(7-13)16-9(10)2/h4-6H,3,7-8,13H2,1-2H3. The molecule has 0 aliphatic carbocycles. The molecule has 0 bridgehead atoms. The second-order valence-corrected chi connectivity index (χ2v) is 5.16. The van der Waals surface area contributed by atoms with Gasteiger partial charge in [-0.25, -0.2) is 4.98 Å². The van der Waals surface area contributed by atoms with E-state index in [1.807, 2.05) is 12.4 Å². The third-order valence-corrected chi connectivity index (χ3v) is 3.85. The van der Waals surface area contributed by atoms with Gasteiger partial charge in [0.2, 0.25) is 0 Å². The van der Waals surface area contributed by atoms with Crippen LogP contribution in [0.15, 0.2) is 18.5 Å². The monoisotopic (exact) mass is 235 g/mol. The molecule has 3 nitrogen and oxygen atoms in total. The molecule has 0 radical (unpaired) electrons. The molecule has 0 atom stereocenters. The number of aromatic nitrogens is 2. The lowest BCUT2D eigenvalue weighted by Gasteiger charge is -2.05. The molecule has 0 unspecified atom stereocenters. The van der Waals surface area contributed by atoms with Gasteiger partial charge in [0.05, 0.1) is 0 Å². The van der Waals surface area contributed by atoms with Crippen LogP contribution < -0.4 is 5.73 Å². The molecule has 2 rings (SSSR count). The minimum atomic E-state index is 0.635. The van der Waals surface area contributed by atoms with Crippen molar-refractivity contribution < 1.29 is 0 Å². The predicted molar refractivity (Wildman–Crippen MR) is 67.7 cm³/mol. The van der Waals surface area contributed by atoms with E-state index in [2.05, 4.69) is 29.5 Å². The molecule has 0 fully saturated rings. The Labute approximate surface area is 99.9 Å². The highest BCUT2D eigenvalue weighted by molar-refractivity contribution is 7.12. The summed E-state index contributed by atoms with van der Waals surface area (Å²) < 4.78 is 2.20. The molecule has 0 saturated carbocycles. The summed E-state index contributed by atoms with van der Waals surface area (Å²) in [5.41, 5.74) is 7.01. The molecule has 16 heavy (non-hydrogen) atoms. The van der Waals surface area contributed by atoms with Gasteiger partial charge in [-0.1, -0.05) is 6.92 Å². The molecular weight excluding hydrogens is 218 g/mol. The Bertz CT molecular complexity index is 470. The minimum absolute atomic E-state index is 0.635. The molecule has 0 amide bonds. The average molecular weight is 235 g/mol. The highest BCUT2D eigenvalue weighted by Gasteiger charge is 2.07. The number of thiophene rings is 1. The quantitative estimate of drug-likeness (QED) is 0.884. The molecule has 0 aromatic carbocycles. The number of nitrogens with zero attached hydrogens (tertiary/aromatic N) is 2. The minimum Gasteiger partial charge on any atom is -0.330 e. The first-order chi connectivity index (χ1) is 7.74. The SMILES string of the molecule is CCc1nccn1Cc1cc(CN)sc1C. The van der Waals surface area contributed by atoms with Crippen LogP contribution in [0.4, 0.5) is 0 Å². The van der Waals surface area contributed by atoms with Crippen LogP contribution >= 0.6 is 11.3 Å². The molecule has 2 heterocycles. The summed E-state index contributed by atoms with van der Waals surface area (Å²) in [6, 6.07) is 2.21. The van der Waals surface area contributed by atoms with Gasteiger partial charge in [-0.05, 0) is 18.6 Å². The normalized spacial score (nSPS) is 10.9. The zero-order valence-electron chi connectivity index (χ0n) is 9.73. The molecule has 0 spiro atoms. The van der Waals surface area contributed by atoms with Gasteiger partial charge < -0.3 is 10.3 Å². The lowest BCUT2D eigenvalue weighted by atomic mass is 10.2. The summed E-state index contributed by atoms with van der Waals surface area (Å²) in [6.45, 7) is 5.83. The zero-order valence-corrected chi connectivity index (χ0v) is 10.5. The van der Waals surface area contributed by atoms with E-state index in [9.17, 15) is 0 Å². The second kappa shape index (κ2) is 4.80.